The number of non-ortho nitro benzene ring substituents is 1. The molecule has 20 heavy (non-hydrogen) atoms. The molecule has 1 unspecified atom stereocenters. The Balaban J connectivity index is 2.25. The van der Waals surface area contributed by atoms with Crippen molar-refractivity contribution in [3.63, 3.8) is 0 Å². The Morgan fingerprint density at radius 2 is 2.30 bits per heavy atom. The second-order valence-corrected chi connectivity index (χ2v) is 5.05. The van der Waals surface area contributed by atoms with Crippen LogP contribution in [-0.2, 0) is 4.74 Å². The molecule has 1 aromatic rings. The average molecular weight is 279 g/mol. The summed E-state index contributed by atoms with van der Waals surface area (Å²) in [7, 11) is 1.96. The molecule has 0 radical (unpaired) electrons. The van der Waals surface area contributed by atoms with Crippen molar-refractivity contribution in [2.45, 2.75) is 25.8 Å². The number of hydrogen-bond donors (Lipinski definition) is 1. The summed E-state index contributed by atoms with van der Waals surface area (Å²) >= 11 is 0. The molecule has 6 heteroatoms. The first-order chi connectivity index (χ1) is 9.61. The number of benzene rings is 1. The van der Waals surface area contributed by atoms with Crippen molar-refractivity contribution in [1.29, 1.82) is 0 Å². The van der Waals surface area contributed by atoms with Crippen molar-refractivity contribution in [1.82, 2.24) is 0 Å². The minimum atomic E-state index is -0.348. The number of hydrogen-bond acceptors (Lipinski definition) is 5. The normalized spacial score (nSPS) is 18.0. The largest absolute Gasteiger partial charge is 0.385 e. The van der Waals surface area contributed by atoms with Crippen molar-refractivity contribution in [3.8, 4) is 0 Å². The molecule has 1 N–H and O–H groups in total. The zero-order valence-electron chi connectivity index (χ0n) is 12.0. The molecule has 1 aromatic carbocycles. The molecule has 0 saturated carbocycles. The molecule has 1 heterocycles. The first kappa shape index (κ1) is 14.6. The average Bonchev–Trinajstić information content (AvgIpc) is 2.98. The van der Waals surface area contributed by atoms with Gasteiger partial charge in [-0.3, -0.25) is 10.1 Å². The second-order valence-electron chi connectivity index (χ2n) is 5.05. The molecule has 0 bridgehead atoms. The molecule has 1 fully saturated rings. The van der Waals surface area contributed by atoms with Gasteiger partial charge >= 0.3 is 0 Å². The third-order valence-electron chi connectivity index (χ3n) is 3.55. The molecule has 2 rings (SSSR count). The Morgan fingerprint density at radius 3 is 2.90 bits per heavy atom. The summed E-state index contributed by atoms with van der Waals surface area (Å²) in [5.41, 5.74) is 1.77. The van der Waals surface area contributed by atoms with Gasteiger partial charge in [0.2, 0.25) is 0 Å². The van der Waals surface area contributed by atoms with E-state index in [0.29, 0.717) is 6.61 Å². The minimum Gasteiger partial charge on any atom is -0.385 e. The van der Waals surface area contributed by atoms with Crippen LogP contribution >= 0.6 is 0 Å². The van der Waals surface area contributed by atoms with E-state index < -0.39 is 0 Å². The van der Waals surface area contributed by atoms with Gasteiger partial charge in [-0.15, -0.1) is 0 Å². The number of nitrogens with zero attached hydrogens (tertiary/aromatic N) is 2. The van der Waals surface area contributed by atoms with E-state index in [9.17, 15) is 10.1 Å². The van der Waals surface area contributed by atoms with Crippen molar-refractivity contribution in [3.05, 3.63) is 28.3 Å². The van der Waals surface area contributed by atoms with E-state index in [1.165, 1.54) is 0 Å². The highest BCUT2D eigenvalue weighted by atomic mass is 16.6. The van der Waals surface area contributed by atoms with Crippen LogP contribution in [0.25, 0.3) is 0 Å². The Kier molecular flexibility index (Phi) is 4.79. The van der Waals surface area contributed by atoms with Crippen LogP contribution in [0.5, 0.6) is 0 Å². The van der Waals surface area contributed by atoms with Crippen LogP contribution < -0.4 is 10.2 Å². The lowest BCUT2D eigenvalue weighted by Crippen LogP contribution is -2.31. The van der Waals surface area contributed by atoms with Crippen LogP contribution in [0.1, 0.15) is 19.8 Å². The quantitative estimate of drug-likeness (QED) is 0.640. The third kappa shape index (κ3) is 3.39. The zero-order chi connectivity index (χ0) is 14.5. The SMILES string of the molecule is CCCNc1cc(N(C)C2CCOC2)cc([N+](=O)[O-])c1. The smallest absolute Gasteiger partial charge is 0.273 e. The fraction of sp³-hybridized carbons (Fsp3) is 0.571. The van der Waals surface area contributed by atoms with Gasteiger partial charge in [0.25, 0.3) is 5.69 Å². The molecule has 0 aliphatic carbocycles. The van der Waals surface area contributed by atoms with Crippen molar-refractivity contribution >= 4 is 17.1 Å². The molecule has 1 saturated heterocycles. The van der Waals surface area contributed by atoms with Gasteiger partial charge in [0, 0.05) is 43.7 Å². The number of likely N-dealkylation sites (N-methyl/N-ethyl adjacent to an activating group) is 1. The number of nitro groups is 1. The van der Waals surface area contributed by atoms with Crippen molar-refractivity contribution in [2.24, 2.45) is 0 Å². The Labute approximate surface area is 118 Å². The molecular weight excluding hydrogens is 258 g/mol. The fourth-order valence-electron chi connectivity index (χ4n) is 2.31. The number of anilines is 2. The van der Waals surface area contributed by atoms with Crippen LogP contribution in [0.4, 0.5) is 17.1 Å². The predicted molar refractivity (Wildman–Crippen MR) is 79.5 cm³/mol. The van der Waals surface area contributed by atoms with E-state index in [1.807, 2.05) is 13.1 Å². The van der Waals surface area contributed by atoms with Gasteiger partial charge in [0.15, 0.2) is 0 Å². The van der Waals surface area contributed by atoms with Crippen LogP contribution in [0, 0.1) is 10.1 Å². The first-order valence-corrected chi connectivity index (χ1v) is 6.95. The number of ether oxygens (including phenoxy) is 1. The second kappa shape index (κ2) is 6.56. The van der Waals surface area contributed by atoms with Gasteiger partial charge in [-0.2, -0.15) is 0 Å². The first-order valence-electron chi connectivity index (χ1n) is 6.95. The lowest BCUT2D eigenvalue weighted by molar-refractivity contribution is -0.384. The molecule has 0 amide bonds. The minimum absolute atomic E-state index is 0.117. The third-order valence-corrected chi connectivity index (χ3v) is 3.55. The Morgan fingerprint density at radius 1 is 1.50 bits per heavy atom. The van der Waals surface area contributed by atoms with E-state index in [2.05, 4.69) is 17.1 Å². The van der Waals surface area contributed by atoms with Crippen LogP contribution in [0.2, 0.25) is 0 Å². The molecule has 1 atom stereocenters. The Hall–Kier alpha value is -1.82. The van der Waals surface area contributed by atoms with Crippen molar-refractivity contribution in [2.75, 3.05) is 37.0 Å². The summed E-state index contributed by atoms with van der Waals surface area (Å²) in [6.07, 6.45) is 1.93. The monoisotopic (exact) mass is 279 g/mol. The van der Waals surface area contributed by atoms with Gasteiger partial charge in [0.1, 0.15) is 0 Å². The fourth-order valence-corrected chi connectivity index (χ4v) is 2.31. The predicted octanol–water partition coefficient (Wildman–Crippen LogP) is 2.64. The summed E-state index contributed by atoms with van der Waals surface area (Å²) in [6.45, 7) is 4.30. The van der Waals surface area contributed by atoms with Crippen molar-refractivity contribution < 1.29 is 9.66 Å². The lowest BCUT2D eigenvalue weighted by atomic mass is 10.1. The van der Waals surface area contributed by atoms with Crippen LogP contribution in [0.15, 0.2) is 18.2 Å². The highest BCUT2D eigenvalue weighted by Gasteiger charge is 2.22. The summed E-state index contributed by atoms with van der Waals surface area (Å²) in [5.74, 6) is 0. The van der Waals surface area contributed by atoms with E-state index >= 15 is 0 Å². The summed E-state index contributed by atoms with van der Waals surface area (Å²) < 4.78 is 5.38. The van der Waals surface area contributed by atoms with E-state index in [4.69, 9.17) is 4.74 Å². The maximum absolute atomic E-state index is 11.1. The van der Waals surface area contributed by atoms with Gasteiger partial charge in [-0.25, -0.2) is 0 Å². The highest BCUT2D eigenvalue weighted by Crippen LogP contribution is 2.29. The number of nitro benzene ring substituents is 1. The van der Waals surface area contributed by atoms with Gasteiger partial charge in [0.05, 0.1) is 17.6 Å². The van der Waals surface area contributed by atoms with Gasteiger partial charge in [-0.1, -0.05) is 6.92 Å². The summed E-state index contributed by atoms with van der Waals surface area (Å²) in [5, 5.41) is 14.3. The summed E-state index contributed by atoms with van der Waals surface area (Å²) in [4.78, 5) is 12.8. The molecule has 110 valence electrons. The molecule has 1 aliphatic rings. The Bertz CT molecular complexity index is 473. The zero-order valence-corrected chi connectivity index (χ0v) is 12.0. The van der Waals surface area contributed by atoms with E-state index in [-0.39, 0.29) is 16.7 Å². The highest BCUT2D eigenvalue weighted by molar-refractivity contribution is 5.64. The maximum Gasteiger partial charge on any atom is 0.273 e. The maximum atomic E-state index is 11.1. The molecule has 0 aromatic heterocycles. The van der Waals surface area contributed by atoms with Gasteiger partial charge < -0.3 is 15.0 Å². The number of nitrogens with one attached hydrogen (secondary N) is 1. The number of rotatable bonds is 6. The van der Waals surface area contributed by atoms with Gasteiger partial charge in [-0.05, 0) is 18.9 Å². The van der Waals surface area contributed by atoms with E-state index in [1.54, 1.807) is 12.1 Å². The topological polar surface area (TPSA) is 67.6 Å². The molecule has 0 spiro atoms. The van der Waals surface area contributed by atoms with Crippen LogP contribution in [0.3, 0.4) is 0 Å². The van der Waals surface area contributed by atoms with Crippen LogP contribution in [-0.4, -0.2) is 37.8 Å². The van der Waals surface area contributed by atoms with E-state index in [0.717, 1.165) is 37.4 Å². The lowest BCUT2D eigenvalue weighted by Gasteiger charge is -2.25. The molecule has 1 aliphatic heterocycles. The summed E-state index contributed by atoms with van der Waals surface area (Å²) in [6, 6.07) is 5.45. The molecular formula is C14H21N3O3. The standard InChI is InChI=1S/C14H21N3O3/c1-3-5-15-11-7-13(9-14(8-11)17(18)19)16(2)12-4-6-20-10-12/h7-9,12,15H,3-6,10H2,1-2H3. The molecule has 6 nitrogen and oxygen atoms in total.